The lowest BCUT2D eigenvalue weighted by Crippen LogP contribution is -2.53. The Morgan fingerprint density at radius 1 is 1.53 bits per heavy atom. The summed E-state index contributed by atoms with van der Waals surface area (Å²) in [5, 5.41) is 2.86. The van der Waals surface area contributed by atoms with Crippen molar-refractivity contribution >= 4 is 40.4 Å². The lowest BCUT2D eigenvalue weighted by molar-refractivity contribution is -0.127. The zero-order valence-electron chi connectivity index (χ0n) is 10.4. The molecule has 0 saturated heterocycles. The number of rotatable bonds is 3. The second-order valence-electron chi connectivity index (χ2n) is 5.07. The van der Waals surface area contributed by atoms with Crippen molar-refractivity contribution in [2.45, 2.75) is 19.8 Å². The SMILES string of the molecule is CC1CC(C(=O)Nc2cc(F)cc(Cl)c2)(C(N)=S)C1. The van der Waals surface area contributed by atoms with Crippen LogP contribution >= 0.6 is 23.8 Å². The molecule has 1 aliphatic rings. The number of anilines is 1. The molecule has 1 aromatic rings. The van der Waals surface area contributed by atoms with Crippen molar-refractivity contribution < 1.29 is 9.18 Å². The number of amides is 1. The molecule has 0 aliphatic heterocycles. The predicted octanol–water partition coefficient (Wildman–Crippen LogP) is 3.12. The molecule has 102 valence electrons. The number of benzene rings is 1. The summed E-state index contributed by atoms with van der Waals surface area (Å²) in [6.45, 7) is 2.03. The van der Waals surface area contributed by atoms with Gasteiger partial charge in [-0.1, -0.05) is 30.7 Å². The van der Waals surface area contributed by atoms with Gasteiger partial charge in [0.05, 0.1) is 10.4 Å². The summed E-state index contributed by atoms with van der Waals surface area (Å²) in [5.41, 5.74) is 5.18. The summed E-state index contributed by atoms with van der Waals surface area (Å²) in [6, 6.07) is 3.86. The molecule has 0 unspecified atom stereocenters. The Morgan fingerprint density at radius 2 is 2.16 bits per heavy atom. The third-order valence-electron chi connectivity index (χ3n) is 3.42. The fourth-order valence-corrected chi connectivity index (χ4v) is 2.99. The first kappa shape index (κ1) is 14.2. The molecular formula is C13H14ClFN2OS. The summed E-state index contributed by atoms with van der Waals surface area (Å²) in [4.78, 5) is 12.5. The topological polar surface area (TPSA) is 55.1 Å². The van der Waals surface area contributed by atoms with Crippen LogP contribution in [0.3, 0.4) is 0 Å². The van der Waals surface area contributed by atoms with Gasteiger partial charge in [0, 0.05) is 10.7 Å². The van der Waals surface area contributed by atoms with Gasteiger partial charge >= 0.3 is 0 Å². The Labute approximate surface area is 121 Å². The highest BCUT2D eigenvalue weighted by molar-refractivity contribution is 7.80. The molecule has 6 heteroatoms. The fraction of sp³-hybridized carbons (Fsp3) is 0.385. The number of hydrogen-bond acceptors (Lipinski definition) is 2. The van der Waals surface area contributed by atoms with E-state index in [0.29, 0.717) is 24.4 Å². The first-order chi connectivity index (χ1) is 8.83. The molecule has 1 fully saturated rings. The zero-order valence-corrected chi connectivity index (χ0v) is 11.9. The van der Waals surface area contributed by atoms with E-state index in [9.17, 15) is 9.18 Å². The Balaban J connectivity index is 2.18. The van der Waals surface area contributed by atoms with Crippen LogP contribution in [-0.2, 0) is 4.79 Å². The van der Waals surface area contributed by atoms with E-state index in [4.69, 9.17) is 29.6 Å². The van der Waals surface area contributed by atoms with E-state index in [2.05, 4.69) is 5.32 Å². The van der Waals surface area contributed by atoms with Crippen molar-refractivity contribution in [1.82, 2.24) is 0 Å². The predicted molar refractivity (Wildman–Crippen MR) is 77.7 cm³/mol. The van der Waals surface area contributed by atoms with Crippen molar-refractivity contribution in [2.75, 3.05) is 5.32 Å². The monoisotopic (exact) mass is 300 g/mol. The number of hydrogen-bond donors (Lipinski definition) is 2. The highest BCUT2D eigenvalue weighted by atomic mass is 35.5. The van der Waals surface area contributed by atoms with Crippen LogP contribution in [-0.4, -0.2) is 10.9 Å². The highest BCUT2D eigenvalue weighted by Crippen LogP contribution is 2.46. The molecule has 0 heterocycles. The Hall–Kier alpha value is -1.20. The van der Waals surface area contributed by atoms with Gasteiger partial charge in [-0.15, -0.1) is 0 Å². The Bertz CT molecular complexity index is 523. The van der Waals surface area contributed by atoms with Crippen LogP contribution in [0.5, 0.6) is 0 Å². The number of thiocarbonyl (C=S) groups is 1. The molecule has 3 nitrogen and oxygen atoms in total. The summed E-state index contributed by atoms with van der Waals surface area (Å²) < 4.78 is 13.2. The first-order valence-corrected chi connectivity index (χ1v) is 6.69. The third-order valence-corrected chi connectivity index (χ3v) is 4.03. The van der Waals surface area contributed by atoms with Crippen molar-refractivity contribution in [3.8, 4) is 0 Å². The molecule has 1 aromatic carbocycles. The number of nitrogens with one attached hydrogen (secondary N) is 1. The average molecular weight is 301 g/mol. The maximum absolute atomic E-state index is 13.2. The Morgan fingerprint density at radius 3 is 2.63 bits per heavy atom. The van der Waals surface area contributed by atoms with Crippen molar-refractivity contribution in [3.05, 3.63) is 29.0 Å². The van der Waals surface area contributed by atoms with E-state index in [1.54, 1.807) is 0 Å². The van der Waals surface area contributed by atoms with Gasteiger partial charge in [0.15, 0.2) is 0 Å². The van der Waals surface area contributed by atoms with Crippen molar-refractivity contribution in [3.63, 3.8) is 0 Å². The second kappa shape index (κ2) is 5.06. The fourth-order valence-electron chi connectivity index (χ4n) is 2.51. The minimum Gasteiger partial charge on any atom is -0.392 e. The van der Waals surface area contributed by atoms with Crippen LogP contribution in [0.4, 0.5) is 10.1 Å². The van der Waals surface area contributed by atoms with E-state index in [1.807, 2.05) is 6.92 Å². The van der Waals surface area contributed by atoms with Gasteiger partial charge in [0.2, 0.25) is 5.91 Å². The number of nitrogens with two attached hydrogens (primary N) is 1. The van der Waals surface area contributed by atoms with Gasteiger partial charge in [0.1, 0.15) is 5.82 Å². The van der Waals surface area contributed by atoms with Crippen LogP contribution < -0.4 is 11.1 Å². The van der Waals surface area contributed by atoms with Gasteiger partial charge in [-0.25, -0.2) is 4.39 Å². The highest BCUT2D eigenvalue weighted by Gasteiger charge is 2.50. The molecule has 2 rings (SSSR count). The Kier molecular flexibility index (Phi) is 3.78. The van der Waals surface area contributed by atoms with E-state index >= 15 is 0 Å². The molecule has 3 N–H and O–H groups in total. The zero-order chi connectivity index (χ0) is 14.2. The van der Waals surface area contributed by atoms with Gasteiger partial charge < -0.3 is 11.1 Å². The van der Waals surface area contributed by atoms with Gasteiger partial charge in [-0.2, -0.15) is 0 Å². The summed E-state index contributed by atoms with van der Waals surface area (Å²) in [5.74, 6) is -0.391. The minimum absolute atomic E-state index is 0.186. The lowest BCUT2D eigenvalue weighted by atomic mass is 9.62. The van der Waals surface area contributed by atoms with Gasteiger partial charge in [-0.05, 0) is 37.0 Å². The summed E-state index contributed by atoms with van der Waals surface area (Å²) in [7, 11) is 0. The molecule has 19 heavy (non-hydrogen) atoms. The smallest absolute Gasteiger partial charge is 0.237 e. The normalized spacial score (nSPS) is 25.5. The van der Waals surface area contributed by atoms with E-state index in [-0.39, 0.29) is 15.9 Å². The van der Waals surface area contributed by atoms with Crippen LogP contribution in [0.2, 0.25) is 5.02 Å². The van der Waals surface area contributed by atoms with E-state index in [1.165, 1.54) is 18.2 Å². The number of halogens is 2. The summed E-state index contributed by atoms with van der Waals surface area (Å²) in [6.07, 6.45) is 1.24. The van der Waals surface area contributed by atoms with Crippen molar-refractivity contribution in [1.29, 1.82) is 0 Å². The molecule has 0 atom stereocenters. The van der Waals surface area contributed by atoms with Crippen LogP contribution in [0.25, 0.3) is 0 Å². The summed E-state index contributed by atoms with van der Waals surface area (Å²) >= 11 is 10.7. The first-order valence-electron chi connectivity index (χ1n) is 5.91. The average Bonchev–Trinajstić information content (AvgIpc) is 2.22. The molecule has 1 amide bonds. The molecule has 0 radical (unpaired) electrons. The molecular weight excluding hydrogens is 287 g/mol. The van der Waals surface area contributed by atoms with E-state index < -0.39 is 11.2 Å². The molecule has 0 spiro atoms. The van der Waals surface area contributed by atoms with Crippen LogP contribution in [0, 0.1) is 17.2 Å². The van der Waals surface area contributed by atoms with Crippen molar-refractivity contribution in [2.24, 2.45) is 17.1 Å². The number of carbonyl (C=O) groups excluding carboxylic acids is 1. The largest absolute Gasteiger partial charge is 0.392 e. The molecule has 1 saturated carbocycles. The van der Waals surface area contributed by atoms with E-state index in [0.717, 1.165) is 0 Å². The standard InChI is InChI=1S/C13H14ClFN2OS/c1-7-5-13(6-7,11(16)19)12(18)17-10-3-8(14)2-9(15)4-10/h2-4,7H,5-6H2,1H3,(H2,16,19)(H,17,18). The second-order valence-corrected chi connectivity index (χ2v) is 5.95. The number of carbonyl (C=O) groups is 1. The van der Waals surface area contributed by atoms with Gasteiger partial charge in [0.25, 0.3) is 0 Å². The quantitative estimate of drug-likeness (QED) is 0.843. The van der Waals surface area contributed by atoms with Gasteiger partial charge in [-0.3, -0.25) is 4.79 Å². The third kappa shape index (κ3) is 2.72. The maximum atomic E-state index is 13.2. The van der Waals surface area contributed by atoms with Crippen LogP contribution in [0.1, 0.15) is 19.8 Å². The minimum atomic E-state index is -0.812. The molecule has 0 bridgehead atoms. The molecule has 1 aliphatic carbocycles. The van der Waals surface area contributed by atoms with Crippen LogP contribution in [0.15, 0.2) is 18.2 Å². The lowest BCUT2D eigenvalue weighted by Gasteiger charge is -2.44. The molecule has 0 aromatic heterocycles. The maximum Gasteiger partial charge on any atom is 0.237 e.